The second kappa shape index (κ2) is 6.14. The van der Waals surface area contributed by atoms with E-state index < -0.39 is 16.2 Å². The number of carboxylic acid groups (broad SMARTS) is 1. The van der Waals surface area contributed by atoms with E-state index in [0.717, 1.165) is 0 Å². The molecule has 9 heteroatoms. The number of hydrogen-bond acceptors (Lipinski definition) is 5. The molecule has 0 bridgehead atoms. The Labute approximate surface area is 122 Å². The second-order valence-corrected chi connectivity index (χ2v) is 6.73. The fourth-order valence-electron chi connectivity index (χ4n) is 2.17. The molecule has 0 aromatic carbocycles. The van der Waals surface area contributed by atoms with E-state index in [2.05, 4.69) is 4.72 Å². The molecule has 0 spiro atoms. The van der Waals surface area contributed by atoms with Crippen molar-refractivity contribution in [2.24, 2.45) is 0 Å². The predicted molar refractivity (Wildman–Crippen MR) is 73.0 cm³/mol. The lowest BCUT2D eigenvalue weighted by Gasteiger charge is -2.34. The van der Waals surface area contributed by atoms with Gasteiger partial charge < -0.3 is 14.3 Å². The Balaban J connectivity index is 1.98. The van der Waals surface area contributed by atoms with E-state index in [4.69, 9.17) is 14.3 Å². The molecular formula is C12H18N2O6S. The highest BCUT2D eigenvalue weighted by atomic mass is 32.2. The zero-order chi connectivity index (χ0) is 15.6. The number of morpholine rings is 1. The first kappa shape index (κ1) is 16.0. The van der Waals surface area contributed by atoms with Crippen LogP contribution in [-0.4, -0.2) is 49.1 Å². The molecule has 118 valence electrons. The van der Waals surface area contributed by atoms with E-state index in [1.165, 1.54) is 16.4 Å². The fourth-order valence-corrected chi connectivity index (χ4v) is 3.49. The maximum absolute atomic E-state index is 12.2. The minimum atomic E-state index is -3.66. The maximum Gasteiger partial charge on any atom is 0.371 e. The summed E-state index contributed by atoms with van der Waals surface area (Å²) in [5.74, 6) is -1.18. The van der Waals surface area contributed by atoms with Crippen molar-refractivity contribution in [3.8, 4) is 0 Å². The molecule has 8 nitrogen and oxygen atoms in total. The van der Waals surface area contributed by atoms with Crippen molar-refractivity contribution in [1.82, 2.24) is 9.03 Å². The van der Waals surface area contributed by atoms with Gasteiger partial charge in [0.1, 0.15) is 5.76 Å². The van der Waals surface area contributed by atoms with Crippen molar-refractivity contribution in [3.05, 3.63) is 23.7 Å². The number of carboxylic acids is 1. The molecule has 0 aliphatic carbocycles. The van der Waals surface area contributed by atoms with Gasteiger partial charge in [-0.1, -0.05) is 0 Å². The van der Waals surface area contributed by atoms with Crippen LogP contribution in [0, 0.1) is 0 Å². The molecule has 0 radical (unpaired) electrons. The average molecular weight is 318 g/mol. The molecule has 1 aromatic rings. The lowest BCUT2D eigenvalue weighted by atomic mass is 10.3. The van der Waals surface area contributed by atoms with E-state index in [1.54, 1.807) is 0 Å². The Kier molecular flexibility index (Phi) is 4.67. The van der Waals surface area contributed by atoms with Gasteiger partial charge in [0.15, 0.2) is 0 Å². The summed E-state index contributed by atoms with van der Waals surface area (Å²) >= 11 is 0. The number of nitrogens with zero attached hydrogens (tertiary/aromatic N) is 1. The lowest BCUT2D eigenvalue weighted by molar-refractivity contribution is -0.0444. The first-order chi connectivity index (χ1) is 9.78. The lowest BCUT2D eigenvalue weighted by Crippen LogP contribution is -2.51. The molecule has 1 aliphatic heterocycles. The van der Waals surface area contributed by atoms with Crippen molar-refractivity contribution in [1.29, 1.82) is 0 Å². The molecule has 1 aromatic heterocycles. The summed E-state index contributed by atoms with van der Waals surface area (Å²) in [4.78, 5) is 10.7. The van der Waals surface area contributed by atoms with Crippen LogP contribution in [0.5, 0.6) is 0 Å². The zero-order valence-corrected chi connectivity index (χ0v) is 12.6. The van der Waals surface area contributed by atoms with Gasteiger partial charge in [-0.2, -0.15) is 17.4 Å². The van der Waals surface area contributed by atoms with Crippen molar-refractivity contribution < 1.29 is 27.5 Å². The van der Waals surface area contributed by atoms with Gasteiger partial charge in [0.05, 0.1) is 18.8 Å². The number of aromatic carboxylic acids is 1. The molecule has 2 atom stereocenters. The van der Waals surface area contributed by atoms with E-state index in [9.17, 15) is 13.2 Å². The van der Waals surface area contributed by atoms with Crippen LogP contribution in [0.3, 0.4) is 0 Å². The van der Waals surface area contributed by atoms with Crippen molar-refractivity contribution in [2.45, 2.75) is 32.6 Å². The van der Waals surface area contributed by atoms with Crippen LogP contribution in [-0.2, 0) is 21.5 Å². The second-order valence-electron chi connectivity index (χ2n) is 4.97. The smallest absolute Gasteiger partial charge is 0.371 e. The van der Waals surface area contributed by atoms with Gasteiger partial charge in [-0.25, -0.2) is 4.79 Å². The Hall–Kier alpha value is -1.42. The topological polar surface area (TPSA) is 109 Å². The Morgan fingerprint density at radius 1 is 1.38 bits per heavy atom. The third-order valence-electron chi connectivity index (χ3n) is 3.03. The number of rotatable bonds is 5. The normalized spacial score (nSPS) is 24.1. The van der Waals surface area contributed by atoms with Gasteiger partial charge in [0, 0.05) is 13.1 Å². The molecular weight excluding hydrogens is 300 g/mol. The first-order valence-corrected chi connectivity index (χ1v) is 7.94. The monoisotopic (exact) mass is 318 g/mol. The summed E-state index contributed by atoms with van der Waals surface area (Å²) in [6.07, 6.45) is -0.347. The summed E-state index contributed by atoms with van der Waals surface area (Å²) < 4.78 is 38.6. The Morgan fingerprint density at radius 2 is 2.00 bits per heavy atom. The third-order valence-corrected chi connectivity index (χ3v) is 4.51. The van der Waals surface area contributed by atoms with Gasteiger partial charge in [-0.15, -0.1) is 0 Å². The average Bonchev–Trinajstić information content (AvgIpc) is 2.84. The van der Waals surface area contributed by atoms with Crippen molar-refractivity contribution >= 4 is 16.2 Å². The Morgan fingerprint density at radius 3 is 2.52 bits per heavy atom. The number of ether oxygens (including phenoxy) is 1. The molecule has 2 unspecified atom stereocenters. The minimum Gasteiger partial charge on any atom is -0.475 e. The highest BCUT2D eigenvalue weighted by molar-refractivity contribution is 7.87. The van der Waals surface area contributed by atoms with Crippen LogP contribution in [0.15, 0.2) is 16.5 Å². The van der Waals surface area contributed by atoms with Crippen LogP contribution in [0.1, 0.15) is 30.2 Å². The molecule has 1 aliphatic rings. The standard InChI is InChI=1S/C12H18N2O6S/c1-8-6-14(7-9(2)19-8)21(17,18)13-5-10-3-4-11(20-10)12(15)16/h3-4,8-9,13H,5-7H2,1-2H3,(H,15,16). The van der Waals surface area contributed by atoms with E-state index in [0.29, 0.717) is 0 Å². The van der Waals surface area contributed by atoms with E-state index in [-0.39, 0.29) is 43.4 Å². The van der Waals surface area contributed by atoms with Gasteiger partial charge in [-0.3, -0.25) is 0 Å². The fraction of sp³-hybridized carbons (Fsp3) is 0.583. The minimum absolute atomic E-state index is 0.101. The number of hydrogen-bond donors (Lipinski definition) is 2. The van der Waals surface area contributed by atoms with Crippen LogP contribution in [0.25, 0.3) is 0 Å². The molecule has 1 saturated heterocycles. The number of carbonyl (C=O) groups is 1. The largest absolute Gasteiger partial charge is 0.475 e. The summed E-state index contributed by atoms with van der Waals surface area (Å²) in [7, 11) is -3.66. The molecule has 2 N–H and O–H groups in total. The molecule has 0 saturated carbocycles. The molecule has 2 rings (SSSR count). The van der Waals surface area contributed by atoms with E-state index >= 15 is 0 Å². The molecule has 0 amide bonds. The third kappa shape index (κ3) is 4.03. The zero-order valence-electron chi connectivity index (χ0n) is 11.8. The van der Waals surface area contributed by atoms with Crippen molar-refractivity contribution in [3.63, 3.8) is 0 Å². The summed E-state index contributed by atoms with van der Waals surface area (Å²) in [5.41, 5.74) is 0. The summed E-state index contributed by atoms with van der Waals surface area (Å²) in [5, 5.41) is 8.73. The van der Waals surface area contributed by atoms with Crippen LogP contribution >= 0.6 is 0 Å². The SMILES string of the molecule is CC1CN(S(=O)(=O)NCc2ccc(C(=O)O)o2)CC(C)O1. The van der Waals surface area contributed by atoms with Gasteiger partial charge >= 0.3 is 5.97 Å². The molecule has 21 heavy (non-hydrogen) atoms. The van der Waals surface area contributed by atoms with Gasteiger partial charge in [0.2, 0.25) is 5.76 Å². The predicted octanol–water partition coefficient (Wildman–Crippen LogP) is 0.421. The molecule has 2 heterocycles. The van der Waals surface area contributed by atoms with Crippen molar-refractivity contribution in [2.75, 3.05) is 13.1 Å². The summed E-state index contributed by atoms with van der Waals surface area (Å²) in [6.45, 7) is 4.07. The number of furan rings is 1. The summed E-state index contributed by atoms with van der Waals surface area (Å²) in [6, 6.07) is 2.71. The van der Waals surface area contributed by atoms with Crippen LogP contribution in [0.2, 0.25) is 0 Å². The van der Waals surface area contributed by atoms with E-state index in [1.807, 2.05) is 13.8 Å². The number of nitrogens with one attached hydrogen (secondary N) is 1. The highest BCUT2D eigenvalue weighted by Crippen LogP contribution is 2.14. The van der Waals surface area contributed by atoms with Crippen LogP contribution < -0.4 is 4.72 Å². The van der Waals surface area contributed by atoms with Gasteiger partial charge in [-0.05, 0) is 26.0 Å². The maximum atomic E-state index is 12.2. The highest BCUT2D eigenvalue weighted by Gasteiger charge is 2.30. The Bertz CT molecular complexity index is 601. The van der Waals surface area contributed by atoms with Gasteiger partial charge in [0.25, 0.3) is 10.2 Å². The first-order valence-electron chi connectivity index (χ1n) is 6.50. The van der Waals surface area contributed by atoms with Crippen LogP contribution in [0.4, 0.5) is 0 Å². The quantitative estimate of drug-likeness (QED) is 0.814. The molecule has 1 fully saturated rings.